The number of aryl methyl sites for hydroxylation is 1. The third kappa shape index (κ3) is 1.97. The van der Waals surface area contributed by atoms with E-state index in [0.717, 1.165) is 23.8 Å². The molecule has 1 unspecified atom stereocenters. The molecule has 0 radical (unpaired) electrons. The fourth-order valence-electron chi connectivity index (χ4n) is 3.54. The minimum Gasteiger partial charge on any atom is -0.461 e. The van der Waals surface area contributed by atoms with E-state index in [2.05, 4.69) is 0 Å². The van der Waals surface area contributed by atoms with Crippen LogP contribution in [0.25, 0.3) is 11.0 Å². The Kier molecular flexibility index (Phi) is 2.67. The molecule has 1 aromatic heterocycles. The molecule has 1 aliphatic carbocycles. The zero-order valence-corrected chi connectivity index (χ0v) is 12.1. The number of para-hydroxylation sites is 1. The summed E-state index contributed by atoms with van der Waals surface area (Å²) in [7, 11) is 0. The number of carbonyl (C=O) groups is 1. The first kappa shape index (κ1) is 12.9. The van der Waals surface area contributed by atoms with E-state index in [9.17, 15) is 9.90 Å². The lowest BCUT2D eigenvalue weighted by Gasteiger charge is -2.23. The Balaban J connectivity index is 1.66. The summed E-state index contributed by atoms with van der Waals surface area (Å²) in [6.45, 7) is 2.91. The molecule has 1 amide bonds. The minimum atomic E-state index is -0.664. The van der Waals surface area contributed by atoms with Gasteiger partial charge in [-0.15, -0.1) is 0 Å². The van der Waals surface area contributed by atoms with Gasteiger partial charge >= 0.3 is 0 Å². The van der Waals surface area contributed by atoms with Gasteiger partial charge in [0.15, 0.2) is 0 Å². The monoisotopic (exact) mass is 285 g/mol. The number of rotatable bonds is 2. The van der Waals surface area contributed by atoms with Crippen LogP contribution in [0.5, 0.6) is 0 Å². The zero-order valence-electron chi connectivity index (χ0n) is 12.1. The summed E-state index contributed by atoms with van der Waals surface area (Å²) in [5.74, 6) is 1.02. The fraction of sp³-hybridized carbons (Fsp3) is 0.471. The highest BCUT2D eigenvalue weighted by Gasteiger charge is 2.49. The van der Waals surface area contributed by atoms with Gasteiger partial charge in [-0.1, -0.05) is 18.2 Å². The Morgan fingerprint density at radius 2 is 2.14 bits per heavy atom. The maximum atomic E-state index is 12.8. The van der Waals surface area contributed by atoms with Gasteiger partial charge in [-0.3, -0.25) is 4.79 Å². The molecule has 21 heavy (non-hydrogen) atoms. The molecule has 1 aromatic carbocycles. The smallest absolute Gasteiger partial charge is 0.258 e. The first-order chi connectivity index (χ1) is 10.1. The molecule has 4 nitrogen and oxygen atoms in total. The van der Waals surface area contributed by atoms with Crippen LogP contribution in [0.3, 0.4) is 0 Å². The highest BCUT2D eigenvalue weighted by atomic mass is 16.3. The summed E-state index contributed by atoms with van der Waals surface area (Å²) in [5.41, 5.74) is 0.726. The van der Waals surface area contributed by atoms with Crippen molar-refractivity contribution >= 4 is 16.9 Å². The predicted octanol–water partition coefficient (Wildman–Crippen LogP) is 2.73. The van der Waals surface area contributed by atoms with Crippen LogP contribution in [0.1, 0.15) is 35.4 Å². The Hall–Kier alpha value is -1.81. The Morgan fingerprint density at radius 1 is 1.38 bits per heavy atom. The van der Waals surface area contributed by atoms with Crippen molar-refractivity contribution in [2.45, 2.75) is 31.8 Å². The number of aliphatic hydroxyl groups is 1. The summed E-state index contributed by atoms with van der Waals surface area (Å²) in [6, 6.07) is 7.62. The maximum Gasteiger partial charge on any atom is 0.258 e. The topological polar surface area (TPSA) is 53.7 Å². The zero-order chi connectivity index (χ0) is 14.6. The SMILES string of the molecule is Cc1oc2ccccc2c1C(=O)N1CCC(O)(C2CC2)C1. The van der Waals surface area contributed by atoms with E-state index in [0.29, 0.717) is 36.8 Å². The van der Waals surface area contributed by atoms with Gasteiger partial charge in [0, 0.05) is 11.9 Å². The summed E-state index contributed by atoms with van der Waals surface area (Å²) >= 11 is 0. The van der Waals surface area contributed by atoms with Gasteiger partial charge in [0.05, 0.1) is 17.7 Å². The standard InChI is InChI=1S/C17H19NO3/c1-11-15(13-4-2-3-5-14(13)21-11)16(19)18-9-8-17(20,10-18)12-6-7-12/h2-5,12,20H,6-10H2,1H3. The number of likely N-dealkylation sites (tertiary alicyclic amines) is 1. The number of furan rings is 1. The van der Waals surface area contributed by atoms with Crippen LogP contribution < -0.4 is 0 Å². The van der Waals surface area contributed by atoms with Gasteiger partial charge in [-0.25, -0.2) is 0 Å². The van der Waals surface area contributed by atoms with Gasteiger partial charge in [0.25, 0.3) is 5.91 Å². The number of amides is 1. The second-order valence-electron chi connectivity index (χ2n) is 6.38. The van der Waals surface area contributed by atoms with Crippen molar-refractivity contribution in [3.8, 4) is 0 Å². The van der Waals surface area contributed by atoms with Gasteiger partial charge in [-0.05, 0) is 38.2 Å². The molecule has 1 atom stereocenters. The first-order valence-corrected chi connectivity index (χ1v) is 7.58. The quantitative estimate of drug-likeness (QED) is 0.923. The largest absolute Gasteiger partial charge is 0.461 e. The van der Waals surface area contributed by atoms with Crippen LogP contribution in [0, 0.1) is 12.8 Å². The van der Waals surface area contributed by atoms with Crippen molar-refractivity contribution in [2.24, 2.45) is 5.92 Å². The van der Waals surface area contributed by atoms with Crippen molar-refractivity contribution in [3.63, 3.8) is 0 Å². The molecular formula is C17H19NO3. The Labute approximate surface area is 123 Å². The molecule has 1 aliphatic heterocycles. The molecule has 110 valence electrons. The number of hydrogen-bond acceptors (Lipinski definition) is 3. The van der Waals surface area contributed by atoms with E-state index in [1.165, 1.54) is 0 Å². The van der Waals surface area contributed by atoms with E-state index >= 15 is 0 Å². The van der Waals surface area contributed by atoms with Crippen LogP contribution in [0.15, 0.2) is 28.7 Å². The second kappa shape index (κ2) is 4.34. The minimum absolute atomic E-state index is 0.0194. The molecule has 1 N–H and O–H groups in total. The average molecular weight is 285 g/mol. The lowest BCUT2D eigenvalue weighted by Crippen LogP contribution is -2.37. The number of nitrogens with zero attached hydrogens (tertiary/aromatic N) is 1. The Morgan fingerprint density at radius 3 is 2.90 bits per heavy atom. The number of carbonyl (C=O) groups excluding carboxylic acids is 1. The second-order valence-corrected chi connectivity index (χ2v) is 6.38. The van der Waals surface area contributed by atoms with Crippen molar-refractivity contribution in [2.75, 3.05) is 13.1 Å². The molecule has 0 bridgehead atoms. The van der Waals surface area contributed by atoms with Crippen molar-refractivity contribution in [1.82, 2.24) is 4.90 Å². The summed E-state index contributed by atoms with van der Waals surface area (Å²) in [6.07, 6.45) is 2.87. The molecule has 2 heterocycles. The van der Waals surface area contributed by atoms with E-state index in [1.807, 2.05) is 31.2 Å². The highest BCUT2D eigenvalue weighted by molar-refractivity contribution is 6.07. The van der Waals surface area contributed by atoms with E-state index in [1.54, 1.807) is 4.90 Å². The molecule has 1 saturated heterocycles. The van der Waals surface area contributed by atoms with Crippen LogP contribution in [0.2, 0.25) is 0 Å². The van der Waals surface area contributed by atoms with Crippen LogP contribution in [-0.2, 0) is 0 Å². The molecule has 1 saturated carbocycles. The lowest BCUT2D eigenvalue weighted by atomic mass is 9.97. The molecular weight excluding hydrogens is 266 g/mol. The van der Waals surface area contributed by atoms with E-state index in [-0.39, 0.29) is 5.91 Å². The van der Waals surface area contributed by atoms with Crippen molar-refractivity contribution in [1.29, 1.82) is 0 Å². The molecule has 2 fully saturated rings. The van der Waals surface area contributed by atoms with E-state index < -0.39 is 5.60 Å². The van der Waals surface area contributed by atoms with Crippen molar-refractivity contribution < 1.29 is 14.3 Å². The van der Waals surface area contributed by atoms with Crippen LogP contribution in [-0.4, -0.2) is 34.6 Å². The van der Waals surface area contributed by atoms with Crippen molar-refractivity contribution in [3.05, 3.63) is 35.6 Å². The molecule has 4 rings (SSSR count). The number of benzene rings is 1. The van der Waals surface area contributed by atoms with Gasteiger partial charge in [-0.2, -0.15) is 0 Å². The van der Waals surface area contributed by atoms with Gasteiger partial charge < -0.3 is 14.4 Å². The normalized spacial score (nSPS) is 25.7. The molecule has 4 heteroatoms. The lowest BCUT2D eigenvalue weighted by molar-refractivity contribution is 0.0257. The summed E-state index contributed by atoms with van der Waals surface area (Å²) in [4.78, 5) is 14.6. The third-order valence-electron chi connectivity index (χ3n) is 4.89. The maximum absolute atomic E-state index is 12.8. The number of fused-ring (bicyclic) bond motifs is 1. The summed E-state index contributed by atoms with van der Waals surface area (Å²) in [5, 5.41) is 11.5. The average Bonchev–Trinajstić information content (AvgIpc) is 3.18. The highest BCUT2D eigenvalue weighted by Crippen LogP contribution is 2.44. The molecule has 0 spiro atoms. The number of β-amino-alcohol motifs (C(OH)–C–C–N with tert-alkyl or cyclic N) is 1. The molecule has 2 aliphatic rings. The number of hydrogen-bond donors (Lipinski definition) is 1. The summed E-state index contributed by atoms with van der Waals surface area (Å²) < 4.78 is 5.68. The van der Waals surface area contributed by atoms with Crippen LogP contribution in [0.4, 0.5) is 0 Å². The predicted molar refractivity (Wildman–Crippen MR) is 79.1 cm³/mol. The Bertz CT molecular complexity index is 716. The fourth-order valence-corrected chi connectivity index (χ4v) is 3.54. The van der Waals surface area contributed by atoms with Gasteiger partial charge in [0.2, 0.25) is 0 Å². The van der Waals surface area contributed by atoms with E-state index in [4.69, 9.17) is 4.42 Å². The third-order valence-corrected chi connectivity index (χ3v) is 4.89. The van der Waals surface area contributed by atoms with Crippen LogP contribution >= 0.6 is 0 Å². The first-order valence-electron chi connectivity index (χ1n) is 7.58. The van der Waals surface area contributed by atoms with Gasteiger partial charge in [0.1, 0.15) is 11.3 Å². The molecule has 2 aromatic rings.